The average Bonchev–Trinajstić information content (AvgIpc) is 2.41. The molecule has 0 saturated carbocycles. The van der Waals surface area contributed by atoms with Crippen LogP contribution in [0.15, 0.2) is 23.1 Å². The fraction of sp³-hybridized carbons (Fsp3) is 0.600. The molecule has 4 nitrogen and oxygen atoms in total. The van der Waals surface area contributed by atoms with E-state index in [2.05, 4.69) is 6.92 Å². The second-order valence-corrected chi connectivity index (χ2v) is 7.69. The number of piperidine rings is 1. The zero-order valence-electron chi connectivity index (χ0n) is 12.5. The van der Waals surface area contributed by atoms with Gasteiger partial charge < -0.3 is 5.73 Å². The largest absolute Gasteiger partial charge is 0.399 e. The minimum atomic E-state index is -3.46. The van der Waals surface area contributed by atoms with Crippen LogP contribution in [0.1, 0.15) is 39.2 Å². The van der Waals surface area contributed by atoms with E-state index in [4.69, 9.17) is 5.73 Å². The summed E-state index contributed by atoms with van der Waals surface area (Å²) in [7, 11) is -3.46. The number of anilines is 1. The molecule has 2 unspecified atom stereocenters. The molecule has 112 valence electrons. The highest BCUT2D eigenvalue weighted by Crippen LogP contribution is 2.30. The van der Waals surface area contributed by atoms with Crippen molar-refractivity contribution in [2.24, 2.45) is 5.92 Å². The van der Waals surface area contributed by atoms with E-state index >= 15 is 0 Å². The minimum Gasteiger partial charge on any atom is -0.399 e. The maximum atomic E-state index is 12.9. The van der Waals surface area contributed by atoms with Crippen molar-refractivity contribution in [2.75, 3.05) is 12.3 Å². The SMILES string of the molecule is CCc1ccc(N)cc1S(=O)(=O)N1CC(C)CCC1C. The van der Waals surface area contributed by atoms with Crippen LogP contribution in [0.2, 0.25) is 0 Å². The molecule has 1 aromatic rings. The predicted octanol–water partition coefficient (Wildman–Crippen LogP) is 2.64. The zero-order valence-corrected chi connectivity index (χ0v) is 13.3. The van der Waals surface area contributed by atoms with Gasteiger partial charge in [-0.15, -0.1) is 0 Å². The third-order valence-electron chi connectivity index (χ3n) is 4.12. The number of nitrogen functional groups attached to an aromatic ring is 1. The summed E-state index contributed by atoms with van der Waals surface area (Å²) < 4.78 is 27.5. The van der Waals surface area contributed by atoms with Gasteiger partial charge in [0.1, 0.15) is 0 Å². The molecule has 0 aliphatic carbocycles. The summed E-state index contributed by atoms with van der Waals surface area (Å²) in [5.41, 5.74) is 7.12. The lowest BCUT2D eigenvalue weighted by molar-refractivity contribution is 0.218. The lowest BCUT2D eigenvalue weighted by Crippen LogP contribution is -2.45. The van der Waals surface area contributed by atoms with Crippen LogP contribution in [-0.4, -0.2) is 25.3 Å². The molecule has 2 rings (SSSR count). The minimum absolute atomic E-state index is 0.0577. The van der Waals surface area contributed by atoms with Gasteiger partial charge in [-0.2, -0.15) is 4.31 Å². The van der Waals surface area contributed by atoms with Crippen LogP contribution < -0.4 is 5.73 Å². The van der Waals surface area contributed by atoms with Gasteiger partial charge in [0.2, 0.25) is 10.0 Å². The maximum Gasteiger partial charge on any atom is 0.243 e. The topological polar surface area (TPSA) is 63.4 Å². The van der Waals surface area contributed by atoms with Gasteiger partial charge in [0.15, 0.2) is 0 Å². The Morgan fingerprint density at radius 3 is 2.65 bits per heavy atom. The van der Waals surface area contributed by atoms with Crippen LogP contribution in [0.25, 0.3) is 0 Å². The molecule has 0 radical (unpaired) electrons. The molecule has 0 bridgehead atoms. The number of sulfonamides is 1. The summed E-state index contributed by atoms with van der Waals surface area (Å²) in [5, 5.41) is 0. The molecular formula is C15H24N2O2S. The molecule has 1 aliphatic heterocycles. The van der Waals surface area contributed by atoms with E-state index < -0.39 is 10.0 Å². The highest BCUT2D eigenvalue weighted by atomic mass is 32.2. The number of benzene rings is 1. The quantitative estimate of drug-likeness (QED) is 0.872. The van der Waals surface area contributed by atoms with Crippen LogP contribution in [0.4, 0.5) is 5.69 Å². The van der Waals surface area contributed by atoms with E-state index in [0.717, 1.165) is 18.4 Å². The molecule has 1 aromatic carbocycles. The van der Waals surface area contributed by atoms with Gasteiger partial charge in [-0.05, 0) is 49.8 Å². The second kappa shape index (κ2) is 5.74. The number of nitrogens with two attached hydrogens (primary N) is 1. The van der Waals surface area contributed by atoms with Crippen molar-refractivity contribution in [3.05, 3.63) is 23.8 Å². The first kappa shape index (κ1) is 15.3. The number of rotatable bonds is 3. The number of nitrogens with zero attached hydrogens (tertiary/aromatic N) is 1. The van der Waals surface area contributed by atoms with Crippen molar-refractivity contribution >= 4 is 15.7 Å². The van der Waals surface area contributed by atoms with Gasteiger partial charge >= 0.3 is 0 Å². The third kappa shape index (κ3) is 2.83. The van der Waals surface area contributed by atoms with Gasteiger partial charge in [-0.25, -0.2) is 8.42 Å². The number of aryl methyl sites for hydroxylation is 1. The Kier molecular flexibility index (Phi) is 4.39. The van der Waals surface area contributed by atoms with Crippen molar-refractivity contribution in [3.63, 3.8) is 0 Å². The molecule has 1 saturated heterocycles. The van der Waals surface area contributed by atoms with E-state index in [9.17, 15) is 8.42 Å². The lowest BCUT2D eigenvalue weighted by Gasteiger charge is -2.36. The number of hydrogen-bond acceptors (Lipinski definition) is 3. The van der Waals surface area contributed by atoms with Gasteiger partial charge in [0.25, 0.3) is 0 Å². The molecule has 2 atom stereocenters. The first-order chi connectivity index (χ1) is 9.36. The summed E-state index contributed by atoms with van der Waals surface area (Å²) in [5.74, 6) is 0.409. The van der Waals surface area contributed by atoms with E-state index in [1.165, 1.54) is 0 Å². The Bertz CT molecular complexity index is 584. The van der Waals surface area contributed by atoms with E-state index in [1.54, 1.807) is 16.4 Å². The Balaban J connectivity index is 2.46. The van der Waals surface area contributed by atoms with Gasteiger partial charge in [-0.3, -0.25) is 0 Å². The lowest BCUT2D eigenvalue weighted by atomic mass is 9.97. The summed E-state index contributed by atoms with van der Waals surface area (Å²) in [4.78, 5) is 0.376. The van der Waals surface area contributed by atoms with Crippen LogP contribution >= 0.6 is 0 Å². The van der Waals surface area contributed by atoms with E-state index in [0.29, 0.717) is 29.5 Å². The maximum absolute atomic E-state index is 12.9. The van der Waals surface area contributed by atoms with E-state index in [1.807, 2.05) is 19.9 Å². The third-order valence-corrected chi connectivity index (χ3v) is 6.18. The standard InChI is InChI=1S/C15H24N2O2S/c1-4-13-7-8-14(16)9-15(13)20(18,19)17-10-11(2)5-6-12(17)3/h7-9,11-12H,4-6,10,16H2,1-3H3. The normalized spacial score (nSPS) is 24.8. The van der Waals surface area contributed by atoms with Crippen LogP contribution in [0.3, 0.4) is 0 Å². The zero-order chi connectivity index (χ0) is 14.9. The van der Waals surface area contributed by atoms with Gasteiger partial charge in [0.05, 0.1) is 4.90 Å². The van der Waals surface area contributed by atoms with Crippen LogP contribution in [-0.2, 0) is 16.4 Å². The Morgan fingerprint density at radius 2 is 2.00 bits per heavy atom. The predicted molar refractivity (Wildman–Crippen MR) is 82.0 cm³/mol. The van der Waals surface area contributed by atoms with Crippen molar-refractivity contribution in [2.45, 2.75) is 51.0 Å². The number of hydrogen-bond donors (Lipinski definition) is 1. The van der Waals surface area contributed by atoms with Crippen molar-refractivity contribution in [1.82, 2.24) is 4.31 Å². The van der Waals surface area contributed by atoms with Crippen molar-refractivity contribution in [3.8, 4) is 0 Å². The van der Waals surface area contributed by atoms with Crippen molar-refractivity contribution < 1.29 is 8.42 Å². The summed E-state index contributed by atoms with van der Waals surface area (Å²) >= 11 is 0. The molecule has 1 heterocycles. The van der Waals surface area contributed by atoms with Crippen molar-refractivity contribution in [1.29, 1.82) is 0 Å². The summed E-state index contributed by atoms with van der Waals surface area (Å²) in [6.45, 7) is 6.66. The molecule has 0 amide bonds. The smallest absolute Gasteiger partial charge is 0.243 e. The summed E-state index contributed by atoms with van der Waals surface area (Å²) in [6, 6.07) is 5.24. The molecule has 0 spiro atoms. The molecule has 0 aromatic heterocycles. The monoisotopic (exact) mass is 296 g/mol. The fourth-order valence-corrected chi connectivity index (χ4v) is 4.92. The summed E-state index contributed by atoms with van der Waals surface area (Å²) in [6.07, 6.45) is 2.70. The average molecular weight is 296 g/mol. The van der Waals surface area contributed by atoms with Crippen LogP contribution in [0, 0.1) is 5.92 Å². The van der Waals surface area contributed by atoms with E-state index in [-0.39, 0.29) is 6.04 Å². The highest BCUT2D eigenvalue weighted by molar-refractivity contribution is 7.89. The molecule has 1 fully saturated rings. The highest BCUT2D eigenvalue weighted by Gasteiger charge is 2.34. The Morgan fingerprint density at radius 1 is 1.30 bits per heavy atom. The Hall–Kier alpha value is -1.07. The second-order valence-electron chi connectivity index (χ2n) is 5.83. The molecule has 20 heavy (non-hydrogen) atoms. The first-order valence-electron chi connectivity index (χ1n) is 7.26. The molecule has 2 N–H and O–H groups in total. The van der Waals surface area contributed by atoms with Gasteiger partial charge in [-0.1, -0.05) is 19.9 Å². The molecule has 1 aliphatic rings. The van der Waals surface area contributed by atoms with Gasteiger partial charge in [0, 0.05) is 18.3 Å². The Labute approximate surface area is 122 Å². The van der Waals surface area contributed by atoms with Crippen LogP contribution in [0.5, 0.6) is 0 Å². The first-order valence-corrected chi connectivity index (χ1v) is 8.70. The molecular weight excluding hydrogens is 272 g/mol. The fourth-order valence-electron chi connectivity index (χ4n) is 2.81. The molecule has 5 heteroatoms.